The highest BCUT2D eigenvalue weighted by molar-refractivity contribution is 6.09. The summed E-state index contributed by atoms with van der Waals surface area (Å²) in [4.78, 5) is 27.2. The van der Waals surface area contributed by atoms with Crippen LogP contribution >= 0.6 is 0 Å². The molecule has 160 valence electrons. The molecule has 0 saturated heterocycles. The van der Waals surface area contributed by atoms with Gasteiger partial charge in [0.05, 0.1) is 0 Å². The summed E-state index contributed by atoms with van der Waals surface area (Å²) in [5.74, 6) is 5.34. The van der Waals surface area contributed by atoms with E-state index in [9.17, 15) is 13.6 Å². The van der Waals surface area contributed by atoms with Crippen LogP contribution in [0.2, 0.25) is 0 Å². The number of nitrogens with zero attached hydrogens (tertiary/aromatic N) is 4. The lowest BCUT2D eigenvalue weighted by molar-refractivity contribution is -0.129. The molecule has 1 unspecified atom stereocenters. The summed E-state index contributed by atoms with van der Waals surface area (Å²) in [6.07, 6.45) is 3.04. The molecule has 1 aromatic carbocycles. The van der Waals surface area contributed by atoms with Crippen molar-refractivity contribution in [3.63, 3.8) is 0 Å². The minimum absolute atomic E-state index is 0.00950. The van der Waals surface area contributed by atoms with E-state index in [0.29, 0.717) is 5.56 Å². The SMILES string of the molecule is CC#Cc1cncc(-c2cccc(C3(c4cncc(C(F)F)c4)N=C(N)N(C)C3=O)c2)c1. The highest BCUT2D eigenvalue weighted by atomic mass is 19.3. The van der Waals surface area contributed by atoms with Crippen LogP contribution in [-0.4, -0.2) is 33.8 Å². The van der Waals surface area contributed by atoms with Gasteiger partial charge in [-0.1, -0.05) is 24.1 Å². The van der Waals surface area contributed by atoms with Crippen LogP contribution in [0.4, 0.5) is 8.78 Å². The number of likely N-dealkylation sites (N-methyl/N-ethyl adjacent to an activating group) is 1. The maximum absolute atomic E-state index is 13.4. The first-order chi connectivity index (χ1) is 15.4. The molecule has 2 aromatic heterocycles. The van der Waals surface area contributed by atoms with E-state index in [1.54, 1.807) is 37.5 Å². The summed E-state index contributed by atoms with van der Waals surface area (Å²) < 4.78 is 26.8. The van der Waals surface area contributed by atoms with Crippen LogP contribution in [-0.2, 0) is 10.3 Å². The van der Waals surface area contributed by atoms with Crippen molar-refractivity contribution in [3.05, 3.63) is 83.4 Å². The van der Waals surface area contributed by atoms with Crippen molar-refractivity contribution in [1.29, 1.82) is 0 Å². The first-order valence-corrected chi connectivity index (χ1v) is 9.72. The average Bonchev–Trinajstić information content (AvgIpc) is 3.04. The van der Waals surface area contributed by atoms with Crippen LogP contribution in [0, 0.1) is 11.8 Å². The molecule has 2 N–H and O–H groups in total. The molecule has 0 spiro atoms. The number of aromatic nitrogens is 2. The highest BCUT2D eigenvalue weighted by Gasteiger charge is 2.50. The van der Waals surface area contributed by atoms with E-state index in [4.69, 9.17) is 5.73 Å². The smallest absolute Gasteiger partial charge is 0.266 e. The van der Waals surface area contributed by atoms with E-state index in [0.717, 1.165) is 22.9 Å². The Morgan fingerprint density at radius 2 is 1.81 bits per heavy atom. The summed E-state index contributed by atoms with van der Waals surface area (Å²) in [5.41, 5.74) is 7.05. The van der Waals surface area contributed by atoms with Gasteiger partial charge in [-0.15, -0.1) is 5.92 Å². The maximum Gasteiger partial charge on any atom is 0.266 e. The van der Waals surface area contributed by atoms with Gasteiger partial charge in [-0.25, -0.2) is 13.8 Å². The van der Waals surface area contributed by atoms with Gasteiger partial charge in [0.1, 0.15) is 0 Å². The Balaban J connectivity index is 1.92. The van der Waals surface area contributed by atoms with Gasteiger partial charge in [0.25, 0.3) is 12.3 Å². The average molecular weight is 431 g/mol. The van der Waals surface area contributed by atoms with E-state index in [1.165, 1.54) is 24.2 Å². The number of nitrogens with two attached hydrogens (primary N) is 1. The molecule has 0 saturated carbocycles. The quantitative estimate of drug-likeness (QED) is 0.641. The van der Waals surface area contributed by atoms with E-state index in [1.807, 2.05) is 12.1 Å². The maximum atomic E-state index is 13.4. The van der Waals surface area contributed by atoms with Gasteiger partial charge in [-0.05, 0) is 36.2 Å². The van der Waals surface area contributed by atoms with Crippen molar-refractivity contribution in [3.8, 4) is 23.0 Å². The number of aliphatic imine (C=N–C) groups is 1. The minimum atomic E-state index is -2.74. The third kappa shape index (κ3) is 3.48. The summed E-state index contributed by atoms with van der Waals surface area (Å²) in [6.45, 7) is 1.74. The van der Waals surface area contributed by atoms with E-state index < -0.39 is 17.9 Å². The monoisotopic (exact) mass is 431 g/mol. The number of carbonyl (C=O) groups is 1. The van der Waals surface area contributed by atoms with Crippen molar-refractivity contribution >= 4 is 11.9 Å². The zero-order valence-electron chi connectivity index (χ0n) is 17.4. The Labute approximate surface area is 183 Å². The van der Waals surface area contributed by atoms with E-state index in [2.05, 4.69) is 26.8 Å². The molecule has 3 aromatic rings. The third-order valence-electron chi connectivity index (χ3n) is 5.29. The second kappa shape index (κ2) is 8.19. The predicted molar refractivity (Wildman–Crippen MR) is 117 cm³/mol. The molecule has 1 aliphatic rings. The Morgan fingerprint density at radius 1 is 1.03 bits per heavy atom. The normalized spacial score (nSPS) is 17.8. The predicted octanol–water partition coefficient (Wildman–Crippen LogP) is 3.48. The zero-order valence-corrected chi connectivity index (χ0v) is 17.4. The lowest BCUT2D eigenvalue weighted by Crippen LogP contribution is -2.41. The van der Waals surface area contributed by atoms with Gasteiger partial charge in [0, 0.05) is 54.1 Å². The fraction of sp³-hybridized carbons (Fsp3) is 0.167. The molecule has 0 fully saturated rings. The van der Waals surface area contributed by atoms with Gasteiger partial charge in [-0.3, -0.25) is 19.7 Å². The number of pyridine rings is 2. The fourth-order valence-corrected chi connectivity index (χ4v) is 3.69. The third-order valence-corrected chi connectivity index (χ3v) is 5.29. The molecule has 32 heavy (non-hydrogen) atoms. The number of halogens is 2. The molecule has 3 heterocycles. The summed E-state index contributed by atoms with van der Waals surface area (Å²) in [7, 11) is 1.49. The van der Waals surface area contributed by atoms with Crippen LogP contribution < -0.4 is 5.73 Å². The van der Waals surface area contributed by atoms with Gasteiger partial charge >= 0.3 is 0 Å². The lowest BCUT2D eigenvalue weighted by Gasteiger charge is -2.26. The zero-order chi connectivity index (χ0) is 22.9. The molecule has 0 aliphatic carbocycles. The number of benzene rings is 1. The fourth-order valence-electron chi connectivity index (χ4n) is 3.69. The van der Waals surface area contributed by atoms with Crippen molar-refractivity contribution in [1.82, 2.24) is 14.9 Å². The second-order valence-corrected chi connectivity index (χ2v) is 7.27. The van der Waals surface area contributed by atoms with Crippen molar-refractivity contribution in [2.24, 2.45) is 10.7 Å². The molecule has 1 amide bonds. The summed E-state index contributed by atoms with van der Waals surface area (Å²) in [6, 6.07) is 10.3. The van der Waals surface area contributed by atoms with E-state index in [-0.39, 0.29) is 17.1 Å². The minimum Gasteiger partial charge on any atom is -0.369 e. The first kappa shape index (κ1) is 21.1. The van der Waals surface area contributed by atoms with Crippen molar-refractivity contribution in [2.75, 3.05) is 7.05 Å². The topological polar surface area (TPSA) is 84.5 Å². The number of amides is 1. The molecule has 0 bridgehead atoms. The summed E-state index contributed by atoms with van der Waals surface area (Å²) in [5, 5.41) is 0. The molecular weight excluding hydrogens is 412 g/mol. The van der Waals surface area contributed by atoms with Crippen LogP contribution in [0.15, 0.2) is 66.2 Å². The van der Waals surface area contributed by atoms with Crippen molar-refractivity contribution in [2.45, 2.75) is 18.9 Å². The van der Waals surface area contributed by atoms with E-state index >= 15 is 0 Å². The van der Waals surface area contributed by atoms with Gasteiger partial charge in [0.2, 0.25) is 0 Å². The van der Waals surface area contributed by atoms with Gasteiger partial charge in [-0.2, -0.15) is 0 Å². The Kier molecular flexibility index (Phi) is 5.41. The van der Waals surface area contributed by atoms with Gasteiger partial charge < -0.3 is 5.73 Å². The standard InChI is InChI=1S/C24H19F2N5O/c1-3-5-15-8-17(12-28-11-15)16-6-4-7-19(9-16)24(22(32)31(2)23(27)30-24)20-10-18(21(25)26)13-29-14-20/h4,6-14,21H,1-2H3,(H2,27,30). The van der Waals surface area contributed by atoms with Crippen LogP contribution in [0.5, 0.6) is 0 Å². The molecular formula is C24H19F2N5O. The second-order valence-electron chi connectivity index (χ2n) is 7.27. The molecule has 4 rings (SSSR count). The number of alkyl halides is 2. The Hall–Kier alpha value is -4.12. The first-order valence-electron chi connectivity index (χ1n) is 9.72. The van der Waals surface area contributed by atoms with Crippen LogP contribution in [0.1, 0.15) is 35.6 Å². The number of rotatable bonds is 4. The van der Waals surface area contributed by atoms with Crippen LogP contribution in [0.25, 0.3) is 11.1 Å². The molecule has 6 nitrogen and oxygen atoms in total. The molecule has 8 heteroatoms. The summed E-state index contributed by atoms with van der Waals surface area (Å²) >= 11 is 0. The molecule has 1 atom stereocenters. The number of carbonyl (C=O) groups excluding carboxylic acids is 1. The lowest BCUT2D eigenvalue weighted by atomic mass is 9.82. The largest absolute Gasteiger partial charge is 0.369 e. The number of hydrogen-bond donors (Lipinski definition) is 1. The Bertz CT molecular complexity index is 1290. The highest BCUT2D eigenvalue weighted by Crippen LogP contribution is 2.41. The van der Waals surface area contributed by atoms with Crippen molar-refractivity contribution < 1.29 is 13.6 Å². The van der Waals surface area contributed by atoms with Crippen LogP contribution in [0.3, 0.4) is 0 Å². The Morgan fingerprint density at radius 3 is 2.50 bits per heavy atom. The number of guanidine groups is 1. The molecule has 0 radical (unpaired) electrons. The van der Waals surface area contributed by atoms with Gasteiger partial charge in [0.15, 0.2) is 11.5 Å². The number of hydrogen-bond acceptors (Lipinski definition) is 5. The molecule has 1 aliphatic heterocycles.